The second-order valence-corrected chi connectivity index (χ2v) is 21.0. The van der Waals surface area contributed by atoms with Crippen molar-refractivity contribution in [1.29, 1.82) is 0 Å². The number of amides is 1. The Morgan fingerprint density at radius 3 is 2.09 bits per heavy atom. The van der Waals surface area contributed by atoms with Crippen molar-refractivity contribution in [2.24, 2.45) is 7.05 Å². The molecule has 0 fully saturated rings. The van der Waals surface area contributed by atoms with Crippen LogP contribution in [0.5, 0.6) is 0 Å². The number of benzene rings is 4. The maximum atomic E-state index is 14.4. The number of allylic oxidation sites excluding steroid dienone is 4. The molecule has 0 spiro atoms. The Labute approximate surface area is 401 Å². The van der Waals surface area contributed by atoms with Crippen molar-refractivity contribution < 1.29 is 62.5 Å². The smallest absolute Gasteiger partial charge is 0.294 e. The molecule has 7 rings (SSSR count). The van der Waals surface area contributed by atoms with Crippen LogP contribution in [0.15, 0.2) is 129 Å². The SMILES string of the molecule is CCNC(=O)C1(OCNCCCCCCOC=O)CC(/C=C/c2c3ccccc3[n+](C)c3cc(S(=O)(=O)[O-])ccc23)=CC(=C/C=C2c3ccc(S(=O)(=O)O)cc3N(C)c3cc(S(=O)(=O)O)ccc32)/C1. The molecule has 1 aliphatic heterocycles. The zero-order valence-electron chi connectivity index (χ0n) is 38.0. The van der Waals surface area contributed by atoms with E-state index in [9.17, 15) is 48.5 Å². The zero-order chi connectivity index (χ0) is 49.7. The van der Waals surface area contributed by atoms with E-state index in [0.717, 1.165) is 42.1 Å². The molecule has 0 bridgehead atoms. The van der Waals surface area contributed by atoms with Crippen LogP contribution in [0, 0.1) is 0 Å². The van der Waals surface area contributed by atoms with Gasteiger partial charge in [-0.25, -0.2) is 8.42 Å². The van der Waals surface area contributed by atoms with Crippen molar-refractivity contribution in [3.05, 3.63) is 131 Å². The number of rotatable bonds is 19. The van der Waals surface area contributed by atoms with E-state index in [1.165, 1.54) is 48.5 Å². The standard InChI is InChI=1S/C49H52N4O13S3/c1-4-51-48(55)49(66-31-50-23-9-5-6-10-24-65-32-54)29-33(13-18-38-40-11-7-8-12-44(40)52(2)45-26-35(67(56,57)58)15-20-41(38)45)25-34(30-49)14-19-39-42-21-16-36(68(59,60)61)27-46(42)53(3)47-28-37(69(62,63)64)17-22-43(39)47/h7-8,11-22,25-28,32,50H,4-6,9-10,23-24,29-31H2,1-3H3,(H3-,51,55,56,57,58,59,60,61,62,63,64). The Morgan fingerprint density at radius 1 is 0.812 bits per heavy atom. The lowest BCUT2D eigenvalue weighted by Gasteiger charge is -2.36. The maximum Gasteiger partial charge on any atom is 0.294 e. The molecular formula is C49H52N4O13S3. The van der Waals surface area contributed by atoms with Crippen LogP contribution in [0.25, 0.3) is 33.5 Å². The van der Waals surface area contributed by atoms with Gasteiger partial charge in [-0.15, -0.1) is 0 Å². The number of fused-ring (bicyclic) bond motifs is 4. The van der Waals surface area contributed by atoms with Gasteiger partial charge in [-0.05, 0) is 85.5 Å². The number of anilines is 2. The molecule has 0 radical (unpaired) electrons. The number of para-hydroxylation sites is 1. The van der Waals surface area contributed by atoms with Gasteiger partial charge in [0.25, 0.3) is 32.6 Å². The number of carbonyl (C=O) groups excluding carboxylic acids is 2. The van der Waals surface area contributed by atoms with E-state index in [0.29, 0.717) is 76.3 Å². The number of likely N-dealkylation sites (N-methyl/N-ethyl adjacent to an activating group) is 1. The molecule has 4 aromatic carbocycles. The summed E-state index contributed by atoms with van der Waals surface area (Å²) < 4.78 is 119. The topological polar surface area (TPSA) is 250 Å². The largest absolute Gasteiger partial charge is 0.744 e. The van der Waals surface area contributed by atoms with Gasteiger partial charge >= 0.3 is 0 Å². The van der Waals surface area contributed by atoms with Crippen LogP contribution in [0.3, 0.4) is 0 Å². The summed E-state index contributed by atoms with van der Waals surface area (Å²) in [4.78, 5) is 25.2. The summed E-state index contributed by atoms with van der Waals surface area (Å²) in [5, 5.41) is 7.75. The maximum absolute atomic E-state index is 14.4. The molecule has 2 aliphatic rings. The van der Waals surface area contributed by atoms with Crippen LogP contribution in [0.1, 0.15) is 62.1 Å². The predicted octanol–water partition coefficient (Wildman–Crippen LogP) is 6.26. The van der Waals surface area contributed by atoms with Gasteiger partial charge in [-0.2, -0.15) is 21.4 Å². The van der Waals surface area contributed by atoms with Crippen LogP contribution in [-0.2, 0) is 56.5 Å². The highest BCUT2D eigenvalue weighted by molar-refractivity contribution is 7.86. The third-order valence-corrected chi connectivity index (χ3v) is 14.7. The van der Waals surface area contributed by atoms with E-state index in [4.69, 9.17) is 9.47 Å². The number of hydrogen-bond acceptors (Lipinski definition) is 13. The van der Waals surface area contributed by atoms with E-state index in [2.05, 4.69) is 10.6 Å². The van der Waals surface area contributed by atoms with E-state index in [1.807, 2.05) is 47.1 Å². The highest BCUT2D eigenvalue weighted by Crippen LogP contribution is 2.46. The van der Waals surface area contributed by atoms with Gasteiger partial charge in [0.2, 0.25) is 11.0 Å². The molecular weight excluding hydrogens is 949 g/mol. The minimum Gasteiger partial charge on any atom is -0.744 e. The summed E-state index contributed by atoms with van der Waals surface area (Å²) in [5.41, 5.74) is 4.09. The van der Waals surface area contributed by atoms with Crippen molar-refractivity contribution in [3.8, 4) is 0 Å². The lowest BCUT2D eigenvalue weighted by Crippen LogP contribution is -2.51. The van der Waals surface area contributed by atoms with E-state index >= 15 is 0 Å². The molecule has 1 aromatic heterocycles. The Hall–Kier alpha value is -6.10. The quantitative estimate of drug-likeness (QED) is 0.0178. The average molecular weight is 1000 g/mol. The first-order valence-electron chi connectivity index (χ1n) is 22.0. The second-order valence-electron chi connectivity index (χ2n) is 16.7. The monoisotopic (exact) mass is 1000 g/mol. The number of carbonyl (C=O) groups is 2. The summed E-state index contributed by atoms with van der Waals surface area (Å²) in [6.07, 6.45) is 12.7. The highest BCUT2D eigenvalue weighted by Gasteiger charge is 2.42. The van der Waals surface area contributed by atoms with Crippen LogP contribution in [0.2, 0.25) is 0 Å². The number of ether oxygens (including phenoxy) is 2. The molecule has 1 amide bonds. The van der Waals surface area contributed by atoms with E-state index < -0.39 is 45.7 Å². The summed E-state index contributed by atoms with van der Waals surface area (Å²) in [6, 6.07) is 19.9. The van der Waals surface area contributed by atoms with E-state index in [-0.39, 0.29) is 30.4 Å². The van der Waals surface area contributed by atoms with Gasteiger partial charge in [-0.3, -0.25) is 24.0 Å². The third kappa shape index (κ3) is 11.3. The van der Waals surface area contributed by atoms with Crippen molar-refractivity contribution in [3.63, 3.8) is 0 Å². The summed E-state index contributed by atoms with van der Waals surface area (Å²) in [5.74, 6) is -0.362. The highest BCUT2D eigenvalue weighted by atomic mass is 32.2. The van der Waals surface area contributed by atoms with Crippen molar-refractivity contribution in [1.82, 2.24) is 10.6 Å². The summed E-state index contributed by atoms with van der Waals surface area (Å²) in [7, 11) is -10.7. The van der Waals surface area contributed by atoms with Crippen molar-refractivity contribution in [2.75, 3.05) is 38.4 Å². The Morgan fingerprint density at radius 2 is 1.45 bits per heavy atom. The van der Waals surface area contributed by atoms with Crippen molar-refractivity contribution in [2.45, 2.75) is 65.7 Å². The number of nitrogens with zero attached hydrogens (tertiary/aromatic N) is 2. The number of unbranched alkanes of at least 4 members (excludes halogenated alkanes) is 3. The van der Waals surface area contributed by atoms with Gasteiger partial charge in [0.1, 0.15) is 17.2 Å². The summed E-state index contributed by atoms with van der Waals surface area (Å²) >= 11 is 0. The van der Waals surface area contributed by atoms with Crippen LogP contribution in [-0.4, -0.2) is 90.4 Å². The number of nitrogens with one attached hydrogen (secondary N) is 2. The van der Waals surface area contributed by atoms with Gasteiger partial charge in [0, 0.05) is 55.3 Å². The van der Waals surface area contributed by atoms with E-state index in [1.54, 1.807) is 44.1 Å². The Kier molecular flexibility index (Phi) is 15.4. The van der Waals surface area contributed by atoms with Crippen LogP contribution < -0.4 is 20.1 Å². The average Bonchev–Trinajstić information content (AvgIpc) is 3.31. The normalized spacial score (nSPS) is 17.0. The second kappa shape index (κ2) is 20.9. The molecule has 17 nitrogen and oxygen atoms in total. The Bertz CT molecular complexity index is 3230. The minimum absolute atomic E-state index is 0.0193. The first-order valence-corrected chi connectivity index (χ1v) is 26.3. The van der Waals surface area contributed by atoms with Gasteiger partial charge in [0.05, 0.1) is 50.2 Å². The van der Waals surface area contributed by atoms with Gasteiger partial charge in [-0.1, -0.05) is 67.5 Å². The molecule has 0 saturated carbocycles. The lowest BCUT2D eigenvalue weighted by molar-refractivity contribution is -0.617. The number of aryl methyl sites for hydroxylation is 1. The molecule has 364 valence electrons. The molecule has 0 saturated heterocycles. The fraction of sp³-hybridized carbons (Fsp3) is 0.286. The number of aromatic nitrogens is 1. The molecule has 1 atom stereocenters. The van der Waals surface area contributed by atoms with Gasteiger partial charge in [0.15, 0.2) is 5.60 Å². The summed E-state index contributed by atoms with van der Waals surface area (Å²) in [6.45, 7) is 3.50. The number of hydrogen-bond donors (Lipinski definition) is 4. The Balaban J connectivity index is 1.36. The van der Waals surface area contributed by atoms with Crippen LogP contribution in [0.4, 0.5) is 11.4 Å². The predicted molar refractivity (Wildman–Crippen MR) is 259 cm³/mol. The fourth-order valence-electron chi connectivity index (χ4n) is 8.83. The fourth-order valence-corrected chi connectivity index (χ4v) is 10.3. The van der Waals surface area contributed by atoms with Gasteiger partial charge < -0.3 is 24.2 Å². The van der Waals surface area contributed by atoms with Crippen molar-refractivity contribution >= 4 is 87.6 Å². The molecule has 69 heavy (non-hydrogen) atoms. The molecule has 4 N–H and O–H groups in total. The molecule has 1 unspecified atom stereocenters. The zero-order valence-corrected chi connectivity index (χ0v) is 40.5. The first kappa shape index (κ1) is 50.8. The molecule has 2 heterocycles. The third-order valence-electron chi connectivity index (χ3n) is 12.2. The molecule has 1 aliphatic carbocycles. The van der Waals surface area contributed by atoms with Crippen LogP contribution >= 0.6 is 0 Å². The lowest BCUT2D eigenvalue weighted by atomic mass is 9.80. The molecule has 5 aromatic rings. The molecule has 20 heteroatoms. The number of pyridine rings is 1. The first-order chi connectivity index (χ1) is 32.8. The minimum atomic E-state index is -4.77.